The molecule has 0 saturated heterocycles. The molecule has 0 aliphatic heterocycles. The van der Waals surface area contributed by atoms with E-state index in [0.29, 0.717) is 6.07 Å². The number of hydrogen-bond acceptors (Lipinski definition) is 2. The highest BCUT2D eigenvalue weighted by atomic mass is 19.4. The molecule has 0 saturated carbocycles. The van der Waals surface area contributed by atoms with E-state index < -0.39 is 29.0 Å². The zero-order chi connectivity index (χ0) is 13.9. The number of rotatable bonds is 3. The van der Waals surface area contributed by atoms with Gasteiger partial charge < -0.3 is 11.1 Å². The summed E-state index contributed by atoms with van der Waals surface area (Å²) in [6.07, 6.45) is -4.83. The van der Waals surface area contributed by atoms with Crippen molar-refractivity contribution in [3.8, 4) is 0 Å². The molecule has 1 aromatic carbocycles. The van der Waals surface area contributed by atoms with Crippen molar-refractivity contribution in [3.05, 3.63) is 35.1 Å². The van der Waals surface area contributed by atoms with Gasteiger partial charge in [0.2, 0.25) is 0 Å². The van der Waals surface area contributed by atoms with Crippen molar-refractivity contribution in [2.75, 3.05) is 6.54 Å². The minimum atomic E-state index is -4.83. The van der Waals surface area contributed by atoms with Crippen molar-refractivity contribution in [3.63, 3.8) is 0 Å². The molecule has 1 unspecified atom stereocenters. The summed E-state index contributed by atoms with van der Waals surface area (Å²) in [6.45, 7) is 1.65. The first-order valence-electron chi connectivity index (χ1n) is 5.13. The van der Waals surface area contributed by atoms with Gasteiger partial charge in [-0.1, -0.05) is 6.07 Å². The highest BCUT2D eigenvalue weighted by Crippen LogP contribution is 2.32. The number of nitrogens with one attached hydrogen (secondary N) is 1. The van der Waals surface area contributed by atoms with Crippen LogP contribution in [0.1, 0.15) is 22.8 Å². The van der Waals surface area contributed by atoms with E-state index >= 15 is 0 Å². The number of carbonyl (C=O) groups excluding carboxylic acids is 1. The molecule has 3 N–H and O–H groups in total. The van der Waals surface area contributed by atoms with Gasteiger partial charge >= 0.3 is 6.18 Å². The van der Waals surface area contributed by atoms with E-state index in [1.165, 1.54) is 0 Å². The molecular weight excluding hydrogens is 252 g/mol. The summed E-state index contributed by atoms with van der Waals surface area (Å²) >= 11 is 0. The van der Waals surface area contributed by atoms with Gasteiger partial charge in [0.25, 0.3) is 5.91 Å². The third-order valence-electron chi connectivity index (χ3n) is 2.13. The first-order valence-corrected chi connectivity index (χ1v) is 5.13. The average molecular weight is 264 g/mol. The molecule has 0 spiro atoms. The summed E-state index contributed by atoms with van der Waals surface area (Å²) in [5.41, 5.74) is 3.26. The van der Waals surface area contributed by atoms with Crippen LogP contribution < -0.4 is 11.1 Å². The van der Waals surface area contributed by atoms with Crippen LogP contribution in [0.15, 0.2) is 18.2 Å². The summed E-state index contributed by atoms with van der Waals surface area (Å²) in [5.74, 6) is -2.50. The highest BCUT2D eigenvalue weighted by Gasteiger charge is 2.35. The molecule has 0 radical (unpaired) electrons. The fraction of sp³-hybridized carbons (Fsp3) is 0.364. The Morgan fingerprint density at radius 1 is 1.44 bits per heavy atom. The number of alkyl halides is 3. The molecule has 1 aromatic rings. The van der Waals surface area contributed by atoms with Gasteiger partial charge in [-0.2, -0.15) is 13.2 Å². The number of hydrogen-bond donors (Lipinski definition) is 2. The molecule has 3 nitrogen and oxygen atoms in total. The standard InChI is InChI=1S/C11H12F4N2O/c1-6(16)5-17-10(18)7-3-2-4-8(9(7)12)11(13,14)15/h2-4,6H,5,16H2,1H3,(H,17,18). The fourth-order valence-electron chi connectivity index (χ4n) is 1.28. The maximum absolute atomic E-state index is 13.5. The van der Waals surface area contributed by atoms with Crippen molar-refractivity contribution >= 4 is 5.91 Å². The lowest BCUT2D eigenvalue weighted by Gasteiger charge is -2.12. The monoisotopic (exact) mass is 264 g/mol. The minimum Gasteiger partial charge on any atom is -0.350 e. The van der Waals surface area contributed by atoms with Gasteiger partial charge in [0.1, 0.15) is 5.82 Å². The second-order valence-electron chi connectivity index (χ2n) is 3.85. The quantitative estimate of drug-likeness (QED) is 0.819. The second-order valence-corrected chi connectivity index (χ2v) is 3.85. The molecule has 0 bridgehead atoms. The van der Waals surface area contributed by atoms with Crippen molar-refractivity contribution in [1.29, 1.82) is 0 Å². The molecule has 0 aliphatic carbocycles. The van der Waals surface area contributed by atoms with E-state index in [4.69, 9.17) is 5.73 Å². The Morgan fingerprint density at radius 2 is 2.06 bits per heavy atom. The van der Waals surface area contributed by atoms with Crippen molar-refractivity contribution in [1.82, 2.24) is 5.32 Å². The number of nitrogens with two attached hydrogens (primary N) is 1. The Balaban J connectivity index is 3.01. The van der Waals surface area contributed by atoms with Crippen molar-refractivity contribution in [2.24, 2.45) is 5.73 Å². The molecule has 1 rings (SSSR count). The highest BCUT2D eigenvalue weighted by molar-refractivity contribution is 5.94. The average Bonchev–Trinajstić information content (AvgIpc) is 2.24. The normalized spacial score (nSPS) is 13.2. The van der Waals surface area contributed by atoms with Gasteiger partial charge in [0.15, 0.2) is 0 Å². The van der Waals surface area contributed by atoms with Gasteiger partial charge in [-0.3, -0.25) is 4.79 Å². The van der Waals surface area contributed by atoms with Crippen LogP contribution in [-0.4, -0.2) is 18.5 Å². The zero-order valence-corrected chi connectivity index (χ0v) is 9.51. The molecule has 0 heterocycles. The Kier molecular flexibility index (Phi) is 4.28. The molecule has 18 heavy (non-hydrogen) atoms. The summed E-state index contributed by atoms with van der Waals surface area (Å²) in [7, 11) is 0. The number of halogens is 4. The topological polar surface area (TPSA) is 55.1 Å². The first-order chi connectivity index (χ1) is 8.23. The third-order valence-corrected chi connectivity index (χ3v) is 2.13. The summed E-state index contributed by atoms with van der Waals surface area (Å²) in [4.78, 5) is 11.5. The Hall–Kier alpha value is -1.63. The van der Waals surface area contributed by atoms with E-state index in [-0.39, 0.29) is 12.6 Å². The van der Waals surface area contributed by atoms with E-state index in [0.717, 1.165) is 12.1 Å². The van der Waals surface area contributed by atoms with Crippen LogP contribution in [-0.2, 0) is 6.18 Å². The number of carbonyl (C=O) groups is 1. The van der Waals surface area contributed by atoms with E-state index in [9.17, 15) is 22.4 Å². The van der Waals surface area contributed by atoms with Crippen molar-refractivity contribution < 1.29 is 22.4 Å². The SMILES string of the molecule is CC(N)CNC(=O)c1cccc(C(F)(F)F)c1F. The largest absolute Gasteiger partial charge is 0.419 e. The molecule has 1 atom stereocenters. The predicted molar refractivity (Wildman–Crippen MR) is 57.4 cm³/mol. The lowest BCUT2D eigenvalue weighted by atomic mass is 10.1. The Bertz CT molecular complexity index is 443. The number of amides is 1. The summed E-state index contributed by atoms with van der Waals surface area (Å²) in [5, 5.41) is 2.25. The predicted octanol–water partition coefficient (Wildman–Crippen LogP) is 1.92. The van der Waals surface area contributed by atoms with Crippen LogP contribution >= 0.6 is 0 Å². The van der Waals surface area contributed by atoms with Crippen LogP contribution in [0, 0.1) is 5.82 Å². The van der Waals surface area contributed by atoms with Gasteiger partial charge in [-0.15, -0.1) is 0 Å². The maximum Gasteiger partial charge on any atom is 0.419 e. The third kappa shape index (κ3) is 3.43. The van der Waals surface area contributed by atoms with Gasteiger partial charge in [0.05, 0.1) is 11.1 Å². The molecular formula is C11H12F4N2O. The maximum atomic E-state index is 13.5. The summed E-state index contributed by atoms with van der Waals surface area (Å²) < 4.78 is 50.8. The summed E-state index contributed by atoms with van der Waals surface area (Å²) in [6, 6.07) is 2.17. The van der Waals surface area contributed by atoms with Crippen LogP contribution in [0.5, 0.6) is 0 Å². The zero-order valence-electron chi connectivity index (χ0n) is 9.51. The molecule has 100 valence electrons. The second kappa shape index (κ2) is 5.34. The Morgan fingerprint density at radius 3 is 2.56 bits per heavy atom. The van der Waals surface area contributed by atoms with Gasteiger partial charge in [-0.25, -0.2) is 4.39 Å². The van der Waals surface area contributed by atoms with Crippen molar-refractivity contribution in [2.45, 2.75) is 19.1 Å². The van der Waals surface area contributed by atoms with Crippen LogP contribution in [0.4, 0.5) is 17.6 Å². The lowest BCUT2D eigenvalue weighted by molar-refractivity contribution is -0.140. The van der Waals surface area contributed by atoms with E-state index in [1.54, 1.807) is 6.92 Å². The minimum absolute atomic E-state index is 0.0501. The lowest BCUT2D eigenvalue weighted by Crippen LogP contribution is -2.35. The molecule has 0 aromatic heterocycles. The molecule has 0 fully saturated rings. The van der Waals surface area contributed by atoms with Crippen LogP contribution in [0.3, 0.4) is 0 Å². The van der Waals surface area contributed by atoms with Crippen LogP contribution in [0.2, 0.25) is 0 Å². The van der Waals surface area contributed by atoms with Crippen LogP contribution in [0.25, 0.3) is 0 Å². The Labute approximate surface area is 101 Å². The molecule has 7 heteroatoms. The fourth-order valence-corrected chi connectivity index (χ4v) is 1.28. The molecule has 1 amide bonds. The first kappa shape index (κ1) is 14.4. The number of benzene rings is 1. The smallest absolute Gasteiger partial charge is 0.350 e. The van der Waals surface area contributed by atoms with Gasteiger partial charge in [0, 0.05) is 12.6 Å². The molecule has 0 aliphatic rings. The van der Waals surface area contributed by atoms with Gasteiger partial charge in [-0.05, 0) is 19.1 Å². The van der Waals surface area contributed by atoms with E-state index in [1.807, 2.05) is 0 Å². The van der Waals surface area contributed by atoms with E-state index in [2.05, 4.69) is 5.32 Å².